The van der Waals surface area contributed by atoms with E-state index < -0.39 is 18.0 Å². The molecule has 0 aliphatic carbocycles. The van der Waals surface area contributed by atoms with Crippen molar-refractivity contribution in [3.63, 3.8) is 0 Å². The number of aliphatic hydroxyl groups excluding tert-OH is 1. The molecular weight excluding hydrogens is 209 g/mol. The first-order valence-corrected chi connectivity index (χ1v) is 5.12. The van der Waals surface area contributed by atoms with E-state index >= 15 is 0 Å². The Kier molecular flexibility index (Phi) is 4.27. The highest BCUT2D eigenvalue weighted by atomic mass is 19.1. The van der Waals surface area contributed by atoms with Gasteiger partial charge >= 0.3 is 0 Å². The van der Waals surface area contributed by atoms with Crippen molar-refractivity contribution in [1.29, 1.82) is 5.26 Å². The minimum absolute atomic E-state index is 0.0396. The molecule has 1 aromatic carbocycles. The molecule has 0 fully saturated rings. The van der Waals surface area contributed by atoms with Crippen molar-refractivity contribution in [2.45, 2.75) is 32.5 Å². The topological polar surface area (TPSA) is 53.2 Å². The first kappa shape index (κ1) is 12.5. The molecule has 0 aliphatic rings. The molecule has 86 valence electrons. The summed E-state index contributed by atoms with van der Waals surface area (Å²) in [4.78, 5) is 0. The summed E-state index contributed by atoms with van der Waals surface area (Å²) in [6.45, 7) is 3.34. The Morgan fingerprint density at radius 1 is 1.56 bits per heavy atom. The van der Waals surface area contributed by atoms with E-state index in [0.29, 0.717) is 12.0 Å². The lowest BCUT2D eigenvalue weighted by Crippen LogP contribution is -2.13. The third kappa shape index (κ3) is 2.94. The van der Waals surface area contributed by atoms with Crippen LogP contribution in [0.25, 0.3) is 0 Å². The van der Waals surface area contributed by atoms with E-state index in [4.69, 9.17) is 10.00 Å². The molecule has 0 aliphatic heterocycles. The highest BCUT2D eigenvalue weighted by Gasteiger charge is 2.12. The van der Waals surface area contributed by atoms with E-state index in [9.17, 15) is 9.50 Å². The molecule has 0 spiro atoms. The molecule has 0 bridgehead atoms. The average molecular weight is 223 g/mol. The van der Waals surface area contributed by atoms with Gasteiger partial charge in [0.1, 0.15) is 6.07 Å². The Balaban J connectivity index is 2.87. The first-order chi connectivity index (χ1) is 7.58. The second-order valence-corrected chi connectivity index (χ2v) is 3.51. The molecule has 0 radical (unpaired) electrons. The predicted octanol–water partition coefficient (Wildman–Crippen LogP) is 2.56. The molecule has 2 unspecified atom stereocenters. The summed E-state index contributed by atoms with van der Waals surface area (Å²) in [5.41, 5.74) is 0.481. The van der Waals surface area contributed by atoms with E-state index in [1.807, 2.05) is 6.07 Å². The molecule has 1 rings (SSSR count). The zero-order valence-electron chi connectivity index (χ0n) is 9.27. The van der Waals surface area contributed by atoms with Crippen LogP contribution in [0.4, 0.5) is 4.39 Å². The lowest BCUT2D eigenvalue weighted by atomic mass is 10.1. The molecule has 16 heavy (non-hydrogen) atoms. The summed E-state index contributed by atoms with van der Waals surface area (Å²) in [6.07, 6.45) is -0.873. The summed E-state index contributed by atoms with van der Waals surface area (Å²) in [5.74, 6) is -0.523. The molecule has 0 saturated carbocycles. The minimum atomic E-state index is -0.721. The molecular formula is C12H14FNO2. The van der Waals surface area contributed by atoms with Crippen LogP contribution in [0.2, 0.25) is 0 Å². The number of hydrogen-bond acceptors (Lipinski definition) is 3. The first-order valence-electron chi connectivity index (χ1n) is 5.12. The molecule has 1 aromatic rings. The fourth-order valence-corrected chi connectivity index (χ4v) is 1.23. The number of hydrogen-bond donors (Lipinski definition) is 1. The van der Waals surface area contributed by atoms with Crippen LogP contribution in [0.5, 0.6) is 5.75 Å². The van der Waals surface area contributed by atoms with Crippen molar-refractivity contribution >= 4 is 0 Å². The van der Waals surface area contributed by atoms with Gasteiger partial charge in [0.2, 0.25) is 0 Å². The van der Waals surface area contributed by atoms with Gasteiger partial charge in [0.25, 0.3) is 0 Å². The summed E-state index contributed by atoms with van der Waals surface area (Å²) in [7, 11) is 0. The molecule has 2 atom stereocenters. The lowest BCUT2D eigenvalue weighted by Gasteiger charge is -2.12. The molecule has 0 aromatic heterocycles. The Labute approximate surface area is 94.1 Å². The number of benzene rings is 1. The lowest BCUT2D eigenvalue weighted by molar-refractivity contribution is 0.198. The van der Waals surface area contributed by atoms with Gasteiger partial charge < -0.3 is 9.84 Å². The Hall–Kier alpha value is -1.60. The third-order valence-electron chi connectivity index (χ3n) is 2.22. The fraction of sp³-hybridized carbons (Fsp3) is 0.417. The fourth-order valence-electron chi connectivity index (χ4n) is 1.23. The Morgan fingerprint density at radius 2 is 2.25 bits per heavy atom. The maximum atomic E-state index is 13.5. The Bertz CT molecular complexity index is 398. The molecule has 0 heterocycles. The monoisotopic (exact) mass is 223 g/mol. The molecule has 0 amide bonds. The van der Waals surface area contributed by atoms with Crippen LogP contribution in [0.1, 0.15) is 31.9 Å². The van der Waals surface area contributed by atoms with Crippen molar-refractivity contribution in [2.75, 3.05) is 0 Å². The number of halogens is 1. The van der Waals surface area contributed by atoms with Crippen molar-refractivity contribution in [3.8, 4) is 11.8 Å². The quantitative estimate of drug-likeness (QED) is 0.853. The Morgan fingerprint density at radius 3 is 2.69 bits per heavy atom. The van der Waals surface area contributed by atoms with Crippen molar-refractivity contribution in [1.82, 2.24) is 0 Å². The maximum absolute atomic E-state index is 13.5. The summed E-state index contributed by atoms with van der Waals surface area (Å²) >= 11 is 0. The van der Waals surface area contributed by atoms with Gasteiger partial charge in [-0.25, -0.2) is 4.39 Å². The van der Waals surface area contributed by atoms with Crippen LogP contribution in [0.3, 0.4) is 0 Å². The van der Waals surface area contributed by atoms with Gasteiger partial charge in [0, 0.05) is 0 Å². The zero-order chi connectivity index (χ0) is 12.1. The van der Waals surface area contributed by atoms with Gasteiger partial charge in [0.15, 0.2) is 17.7 Å². The molecule has 1 N–H and O–H groups in total. The van der Waals surface area contributed by atoms with Crippen molar-refractivity contribution < 1.29 is 14.2 Å². The van der Waals surface area contributed by atoms with Crippen LogP contribution in [-0.2, 0) is 0 Å². The van der Waals surface area contributed by atoms with E-state index in [-0.39, 0.29) is 5.75 Å². The predicted molar refractivity (Wildman–Crippen MR) is 57.4 cm³/mol. The molecule has 3 nitrogen and oxygen atoms in total. The van der Waals surface area contributed by atoms with Crippen LogP contribution < -0.4 is 4.74 Å². The summed E-state index contributed by atoms with van der Waals surface area (Å²) in [6, 6.07) is 6.14. The number of ether oxygens (including phenoxy) is 1. The van der Waals surface area contributed by atoms with E-state index in [2.05, 4.69) is 0 Å². The molecule has 4 heteroatoms. The SMILES string of the molecule is CCC(C#N)Oc1ccc(C(C)O)cc1F. The van der Waals surface area contributed by atoms with Gasteiger partial charge in [-0.1, -0.05) is 13.0 Å². The second-order valence-electron chi connectivity index (χ2n) is 3.51. The molecule has 0 saturated heterocycles. The van der Waals surface area contributed by atoms with Gasteiger partial charge in [-0.15, -0.1) is 0 Å². The van der Waals surface area contributed by atoms with Gasteiger partial charge in [0.05, 0.1) is 6.10 Å². The second kappa shape index (κ2) is 5.47. The normalized spacial score (nSPS) is 13.9. The maximum Gasteiger partial charge on any atom is 0.184 e. The number of aliphatic hydroxyl groups is 1. The largest absolute Gasteiger partial charge is 0.473 e. The van der Waals surface area contributed by atoms with Crippen LogP contribution in [-0.4, -0.2) is 11.2 Å². The van der Waals surface area contributed by atoms with Crippen LogP contribution in [0, 0.1) is 17.1 Å². The highest BCUT2D eigenvalue weighted by Crippen LogP contribution is 2.23. The summed E-state index contributed by atoms with van der Waals surface area (Å²) in [5, 5.41) is 17.9. The van der Waals surface area contributed by atoms with Crippen LogP contribution >= 0.6 is 0 Å². The number of nitrogens with zero attached hydrogens (tertiary/aromatic N) is 1. The van der Waals surface area contributed by atoms with E-state index in [0.717, 1.165) is 0 Å². The highest BCUT2D eigenvalue weighted by molar-refractivity contribution is 5.30. The zero-order valence-corrected chi connectivity index (χ0v) is 9.27. The van der Waals surface area contributed by atoms with Crippen molar-refractivity contribution in [2.24, 2.45) is 0 Å². The minimum Gasteiger partial charge on any atom is -0.473 e. The average Bonchev–Trinajstić information content (AvgIpc) is 2.27. The van der Waals surface area contributed by atoms with Crippen LogP contribution in [0.15, 0.2) is 18.2 Å². The van der Waals surface area contributed by atoms with Gasteiger partial charge in [-0.3, -0.25) is 0 Å². The number of rotatable bonds is 4. The van der Waals surface area contributed by atoms with Gasteiger partial charge in [-0.2, -0.15) is 5.26 Å². The van der Waals surface area contributed by atoms with Gasteiger partial charge in [-0.05, 0) is 31.0 Å². The van der Waals surface area contributed by atoms with Crippen molar-refractivity contribution in [3.05, 3.63) is 29.6 Å². The van der Waals surface area contributed by atoms with E-state index in [1.165, 1.54) is 12.1 Å². The number of nitriles is 1. The third-order valence-corrected chi connectivity index (χ3v) is 2.22. The van der Waals surface area contributed by atoms with E-state index in [1.54, 1.807) is 19.9 Å². The smallest absolute Gasteiger partial charge is 0.184 e. The summed E-state index contributed by atoms with van der Waals surface area (Å²) < 4.78 is 18.7. The standard InChI is InChI=1S/C12H14FNO2/c1-3-10(7-14)16-12-5-4-9(8(2)15)6-11(12)13/h4-6,8,10,15H,3H2,1-2H3.